The molecule has 2 nitrogen and oxygen atoms in total. The van der Waals surface area contributed by atoms with E-state index in [1.807, 2.05) is 0 Å². The first-order chi connectivity index (χ1) is 9.47. The lowest BCUT2D eigenvalue weighted by Crippen LogP contribution is -2.04. The van der Waals surface area contributed by atoms with Crippen LogP contribution in [0.4, 0.5) is 18.9 Å². The number of carbonyl (C=O) groups is 1. The van der Waals surface area contributed by atoms with Crippen LogP contribution in [-0.2, 0) is 6.18 Å². The Hall–Kier alpha value is -2.08. The fourth-order valence-electron chi connectivity index (χ4n) is 1.47. The smallest absolute Gasteiger partial charge is 0.362 e. The molecular formula is C14H10F3NOS. The zero-order chi connectivity index (χ0) is 14.6. The van der Waals surface area contributed by atoms with Crippen molar-refractivity contribution in [2.24, 2.45) is 0 Å². The van der Waals surface area contributed by atoms with Crippen molar-refractivity contribution >= 4 is 22.8 Å². The van der Waals surface area contributed by atoms with Crippen molar-refractivity contribution in [3.05, 3.63) is 64.5 Å². The molecule has 1 aromatic heterocycles. The van der Waals surface area contributed by atoms with Crippen molar-refractivity contribution in [3.8, 4) is 0 Å². The summed E-state index contributed by atoms with van der Waals surface area (Å²) in [5.41, 5.74) is -0.227. The van der Waals surface area contributed by atoms with Crippen LogP contribution >= 0.6 is 11.3 Å². The van der Waals surface area contributed by atoms with E-state index in [-0.39, 0.29) is 5.78 Å². The van der Waals surface area contributed by atoms with Gasteiger partial charge in [-0.25, -0.2) is 0 Å². The summed E-state index contributed by atoms with van der Waals surface area (Å²) in [5, 5.41) is 4.55. The Balaban J connectivity index is 1.96. The van der Waals surface area contributed by atoms with E-state index in [1.165, 1.54) is 35.7 Å². The van der Waals surface area contributed by atoms with E-state index in [9.17, 15) is 18.0 Å². The Labute approximate surface area is 117 Å². The summed E-state index contributed by atoms with van der Waals surface area (Å²) in [5.74, 6) is -0.153. The number of anilines is 1. The Morgan fingerprint density at radius 1 is 1.15 bits per heavy atom. The van der Waals surface area contributed by atoms with Crippen LogP contribution < -0.4 is 5.32 Å². The van der Waals surface area contributed by atoms with E-state index in [4.69, 9.17) is 0 Å². The molecule has 2 rings (SSSR count). The SMILES string of the molecule is O=C(C=CNc1ccc(C(F)(F)F)cc1)c1cccs1. The maximum atomic E-state index is 12.4. The van der Waals surface area contributed by atoms with E-state index >= 15 is 0 Å². The average Bonchev–Trinajstić information content (AvgIpc) is 2.92. The van der Waals surface area contributed by atoms with Gasteiger partial charge in [0.1, 0.15) is 0 Å². The van der Waals surface area contributed by atoms with Crippen LogP contribution in [0.25, 0.3) is 0 Å². The lowest BCUT2D eigenvalue weighted by Gasteiger charge is -2.07. The molecule has 0 aliphatic heterocycles. The van der Waals surface area contributed by atoms with Gasteiger partial charge in [-0.05, 0) is 35.7 Å². The molecule has 0 saturated carbocycles. The average molecular weight is 297 g/mol. The number of ketones is 1. The molecule has 2 aromatic rings. The first kappa shape index (κ1) is 14.3. The van der Waals surface area contributed by atoms with Gasteiger partial charge in [-0.1, -0.05) is 6.07 Å². The topological polar surface area (TPSA) is 29.1 Å². The maximum Gasteiger partial charge on any atom is 0.416 e. The predicted octanol–water partition coefficient (Wildman–Crippen LogP) is 4.58. The van der Waals surface area contributed by atoms with Gasteiger partial charge in [-0.15, -0.1) is 11.3 Å². The monoisotopic (exact) mass is 297 g/mol. The standard InChI is InChI=1S/C14H10F3NOS/c15-14(16,17)10-3-5-11(6-4-10)18-8-7-12(19)13-2-1-9-20-13/h1-9,18H. The third-order valence-electron chi connectivity index (χ3n) is 2.46. The number of allylic oxidation sites excluding steroid dienone is 1. The summed E-state index contributed by atoms with van der Waals surface area (Å²) in [6.07, 6.45) is -1.60. The van der Waals surface area contributed by atoms with E-state index < -0.39 is 11.7 Å². The molecule has 0 fully saturated rings. The second-order valence-electron chi connectivity index (χ2n) is 3.89. The fraction of sp³-hybridized carbons (Fsp3) is 0.0714. The number of rotatable bonds is 4. The molecule has 0 radical (unpaired) electrons. The van der Waals surface area contributed by atoms with Gasteiger partial charge in [-0.3, -0.25) is 4.79 Å². The van der Waals surface area contributed by atoms with Gasteiger partial charge in [0.15, 0.2) is 5.78 Å². The fourth-order valence-corrected chi connectivity index (χ4v) is 2.11. The number of carbonyl (C=O) groups excluding carboxylic acids is 1. The van der Waals surface area contributed by atoms with Crippen LogP contribution in [0.1, 0.15) is 15.2 Å². The summed E-state index contributed by atoms with van der Waals surface area (Å²) in [6, 6.07) is 8.06. The number of hydrogen-bond donors (Lipinski definition) is 1. The molecule has 0 unspecified atom stereocenters. The molecule has 1 heterocycles. The van der Waals surface area contributed by atoms with E-state index in [0.717, 1.165) is 12.1 Å². The first-order valence-electron chi connectivity index (χ1n) is 5.65. The minimum atomic E-state index is -4.34. The molecule has 1 aromatic carbocycles. The summed E-state index contributed by atoms with van der Waals surface area (Å²) in [6.45, 7) is 0. The van der Waals surface area contributed by atoms with Crippen LogP contribution in [0, 0.1) is 0 Å². The molecule has 0 spiro atoms. The van der Waals surface area contributed by atoms with Crippen molar-refractivity contribution in [2.45, 2.75) is 6.18 Å². The van der Waals surface area contributed by atoms with E-state index in [0.29, 0.717) is 10.6 Å². The normalized spacial score (nSPS) is 11.8. The van der Waals surface area contributed by atoms with Crippen molar-refractivity contribution in [1.29, 1.82) is 0 Å². The van der Waals surface area contributed by atoms with E-state index in [1.54, 1.807) is 17.5 Å². The van der Waals surface area contributed by atoms with Crippen LogP contribution in [0.15, 0.2) is 54.1 Å². The van der Waals surface area contributed by atoms with Crippen LogP contribution in [0.2, 0.25) is 0 Å². The van der Waals surface area contributed by atoms with Crippen molar-refractivity contribution < 1.29 is 18.0 Å². The molecule has 0 aliphatic rings. The minimum absolute atomic E-state index is 0.153. The molecule has 0 atom stereocenters. The van der Waals surface area contributed by atoms with Crippen molar-refractivity contribution in [1.82, 2.24) is 0 Å². The summed E-state index contributed by atoms with van der Waals surface area (Å²) >= 11 is 1.33. The minimum Gasteiger partial charge on any atom is -0.362 e. The zero-order valence-corrected chi connectivity index (χ0v) is 11.0. The third-order valence-corrected chi connectivity index (χ3v) is 3.35. The molecular weight excluding hydrogens is 287 g/mol. The Morgan fingerprint density at radius 3 is 2.40 bits per heavy atom. The van der Waals surface area contributed by atoms with Gasteiger partial charge in [0.05, 0.1) is 10.4 Å². The second-order valence-corrected chi connectivity index (χ2v) is 4.84. The molecule has 0 bridgehead atoms. The number of halogens is 3. The quantitative estimate of drug-likeness (QED) is 0.661. The highest BCUT2D eigenvalue weighted by Gasteiger charge is 2.29. The molecule has 104 valence electrons. The lowest BCUT2D eigenvalue weighted by atomic mass is 10.2. The molecule has 6 heteroatoms. The van der Waals surface area contributed by atoms with Gasteiger partial charge in [-0.2, -0.15) is 13.2 Å². The van der Waals surface area contributed by atoms with Gasteiger partial charge >= 0.3 is 6.18 Å². The summed E-state index contributed by atoms with van der Waals surface area (Å²) < 4.78 is 37.1. The number of nitrogens with one attached hydrogen (secondary N) is 1. The summed E-state index contributed by atoms with van der Waals surface area (Å²) in [4.78, 5) is 12.2. The van der Waals surface area contributed by atoms with Gasteiger partial charge < -0.3 is 5.32 Å². The predicted molar refractivity (Wildman–Crippen MR) is 72.9 cm³/mol. The summed E-state index contributed by atoms with van der Waals surface area (Å²) in [7, 11) is 0. The lowest BCUT2D eigenvalue weighted by molar-refractivity contribution is -0.137. The molecule has 1 N–H and O–H groups in total. The highest BCUT2D eigenvalue weighted by Crippen LogP contribution is 2.29. The van der Waals surface area contributed by atoms with Crippen LogP contribution in [0.5, 0.6) is 0 Å². The van der Waals surface area contributed by atoms with Gasteiger partial charge in [0.2, 0.25) is 0 Å². The van der Waals surface area contributed by atoms with Crippen molar-refractivity contribution in [3.63, 3.8) is 0 Å². The van der Waals surface area contributed by atoms with Crippen molar-refractivity contribution in [2.75, 3.05) is 5.32 Å². The molecule has 0 amide bonds. The van der Waals surface area contributed by atoms with Crippen LogP contribution in [-0.4, -0.2) is 5.78 Å². The number of alkyl halides is 3. The Kier molecular flexibility index (Phi) is 4.24. The van der Waals surface area contributed by atoms with Gasteiger partial charge in [0, 0.05) is 18.0 Å². The third kappa shape index (κ3) is 3.71. The highest BCUT2D eigenvalue weighted by molar-refractivity contribution is 7.12. The molecule has 0 saturated heterocycles. The molecule has 0 aliphatic carbocycles. The Bertz CT molecular complexity index is 600. The first-order valence-corrected chi connectivity index (χ1v) is 6.53. The van der Waals surface area contributed by atoms with Gasteiger partial charge in [0.25, 0.3) is 0 Å². The van der Waals surface area contributed by atoms with E-state index in [2.05, 4.69) is 5.32 Å². The number of benzene rings is 1. The largest absolute Gasteiger partial charge is 0.416 e. The zero-order valence-electron chi connectivity index (χ0n) is 10.1. The maximum absolute atomic E-state index is 12.4. The van der Waals surface area contributed by atoms with Crippen LogP contribution in [0.3, 0.4) is 0 Å². The Morgan fingerprint density at radius 2 is 1.85 bits per heavy atom. The number of hydrogen-bond acceptors (Lipinski definition) is 3. The molecule has 20 heavy (non-hydrogen) atoms. The highest BCUT2D eigenvalue weighted by atomic mass is 32.1. The number of thiophene rings is 1. The second kappa shape index (κ2) is 5.92.